The number of ether oxygens (including phenoxy) is 2. The zero-order valence-electron chi connectivity index (χ0n) is 10.3. The van der Waals surface area contributed by atoms with E-state index in [-0.39, 0.29) is 11.4 Å². The molecule has 90 valence electrons. The van der Waals surface area contributed by atoms with Gasteiger partial charge in [0.2, 0.25) is 0 Å². The lowest BCUT2D eigenvalue weighted by atomic mass is 10.1. The summed E-state index contributed by atoms with van der Waals surface area (Å²) < 4.78 is 23.8. The maximum Gasteiger partial charge on any atom is 0.126 e. The van der Waals surface area contributed by atoms with Crippen molar-refractivity contribution in [1.29, 1.82) is 0 Å². The number of aryl methyl sites for hydroxylation is 1. The highest BCUT2D eigenvalue weighted by Gasteiger charge is 2.16. The van der Waals surface area contributed by atoms with Crippen LogP contribution in [0.5, 0.6) is 5.75 Å². The summed E-state index contributed by atoms with van der Waals surface area (Å²) in [6.45, 7) is 6.41. The Balaban J connectivity index is 2.52. The minimum absolute atomic E-state index is 0.207. The molecule has 1 rings (SSSR count). The zero-order valence-corrected chi connectivity index (χ0v) is 10.3. The average molecular weight is 226 g/mol. The third-order valence-corrected chi connectivity index (χ3v) is 2.66. The molecule has 0 radical (unpaired) electrons. The second-order valence-corrected chi connectivity index (χ2v) is 4.47. The Morgan fingerprint density at radius 3 is 2.62 bits per heavy atom. The van der Waals surface area contributed by atoms with E-state index in [1.54, 1.807) is 13.2 Å². The summed E-state index contributed by atoms with van der Waals surface area (Å²) in [5, 5.41) is 0. The molecule has 0 amide bonds. The molecule has 0 N–H and O–H groups in total. The van der Waals surface area contributed by atoms with Crippen molar-refractivity contribution in [3.8, 4) is 5.75 Å². The van der Waals surface area contributed by atoms with Gasteiger partial charge in [-0.1, -0.05) is 6.07 Å². The Hall–Kier alpha value is -1.09. The molecule has 0 spiro atoms. The smallest absolute Gasteiger partial charge is 0.126 e. The van der Waals surface area contributed by atoms with Gasteiger partial charge in [-0.2, -0.15) is 0 Å². The van der Waals surface area contributed by atoms with E-state index in [2.05, 4.69) is 0 Å². The third-order valence-electron chi connectivity index (χ3n) is 2.66. The fraction of sp³-hybridized carbons (Fsp3) is 0.538. The van der Waals surface area contributed by atoms with Crippen LogP contribution in [0.1, 0.15) is 25.8 Å². The van der Waals surface area contributed by atoms with Crippen LogP contribution in [0.4, 0.5) is 4.39 Å². The average Bonchev–Trinajstić information content (AvgIpc) is 2.23. The largest absolute Gasteiger partial charge is 0.493 e. The highest BCUT2D eigenvalue weighted by molar-refractivity contribution is 5.32. The summed E-state index contributed by atoms with van der Waals surface area (Å²) in [5.74, 6) is 0.332. The lowest BCUT2D eigenvalue weighted by Crippen LogP contribution is -2.25. The molecular weight excluding hydrogens is 207 g/mol. The van der Waals surface area contributed by atoms with Crippen LogP contribution in [-0.2, 0) is 4.74 Å². The fourth-order valence-corrected chi connectivity index (χ4v) is 1.24. The number of halogens is 1. The molecule has 0 aliphatic rings. The van der Waals surface area contributed by atoms with Crippen molar-refractivity contribution in [1.82, 2.24) is 0 Å². The van der Waals surface area contributed by atoms with Crippen LogP contribution in [0.15, 0.2) is 18.2 Å². The Labute approximate surface area is 96.4 Å². The highest BCUT2D eigenvalue weighted by Crippen LogP contribution is 2.20. The lowest BCUT2D eigenvalue weighted by molar-refractivity contribution is 0.00538. The van der Waals surface area contributed by atoms with Crippen molar-refractivity contribution < 1.29 is 13.9 Å². The highest BCUT2D eigenvalue weighted by atomic mass is 19.1. The van der Waals surface area contributed by atoms with E-state index in [0.717, 1.165) is 12.0 Å². The van der Waals surface area contributed by atoms with Crippen molar-refractivity contribution in [2.75, 3.05) is 13.7 Å². The van der Waals surface area contributed by atoms with Crippen molar-refractivity contribution in [2.45, 2.75) is 32.8 Å². The summed E-state index contributed by atoms with van der Waals surface area (Å²) in [6, 6.07) is 4.56. The van der Waals surface area contributed by atoms with Crippen molar-refractivity contribution >= 4 is 0 Å². The standard InChI is InChI=1S/C13H19FO2/c1-10-5-6-11(14)9-12(10)16-8-7-13(2,3)15-4/h5-6,9H,7-8H2,1-4H3. The monoisotopic (exact) mass is 226 g/mol. The summed E-state index contributed by atoms with van der Waals surface area (Å²) in [5.41, 5.74) is 0.734. The first-order valence-electron chi connectivity index (χ1n) is 5.39. The van der Waals surface area contributed by atoms with Gasteiger partial charge < -0.3 is 9.47 Å². The molecule has 0 aliphatic carbocycles. The fourth-order valence-electron chi connectivity index (χ4n) is 1.24. The van der Waals surface area contributed by atoms with Crippen LogP contribution in [-0.4, -0.2) is 19.3 Å². The SMILES string of the molecule is COC(C)(C)CCOc1cc(F)ccc1C. The van der Waals surface area contributed by atoms with Crippen LogP contribution in [0.2, 0.25) is 0 Å². The van der Waals surface area contributed by atoms with Gasteiger partial charge in [-0.3, -0.25) is 0 Å². The van der Waals surface area contributed by atoms with Gasteiger partial charge in [-0.05, 0) is 32.4 Å². The Bertz CT molecular complexity index is 348. The topological polar surface area (TPSA) is 18.5 Å². The molecule has 0 saturated heterocycles. The minimum atomic E-state index is -0.272. The number of hydrogen-bond donors (Lipinski definition) is 0. The Morgan fingerprint density at radius 1 is 1.31 bits per heavy atom. The quantitative estimate of drug-likeness (QED) is 0.766. The van der Waals surface area contributed by atoms with E-state index in [9.17, 15) is 4.39 Å². The second kappa shape index (κ2) is 5.30. The molecule has 0 atom stereocenters. The van der Waals surface area contributed by atoms with Crippen molar-refractivity contribution in [3.63, 3.8) is 0 Å². The van der Waals surface area contributed by atoms with Crippen LogP contribution in [0.25, 0.3) is 0 Å². The molecule has 0 saturated carbocycles. The summed E-state index contributed by atoms with van der Waals surface area (Å²) in [7, 11) is 1.67. The summed E-state index contributed by atoms with van der Waals surface area (Å²) in [4.78, 5) is 0. The molecule has 0 fully saturated rings. The Kier molecular flexibility index (Phi) is 4.30. The van der Waals surface area contributed by atoms with Gasteiger partial charge in [0.15, 0.2) is 0 Å². The second-order valence-electron chi connectivity index (χ2n) is 4.47. The Morgan fingerprint density at radius 2 is 2.00 bits per heavy atom. The zero-order chi connectivity index (χ0) is 12.2. The maximum absolute atomic E-state index is 13.0. The van der Waals surface area contributed by atoms with Gasteiger partial charge in [0, 0.05) is 19.6 Å². The van der Waals surface area contributed by atoms with E-state index in [1.807, 2.05) is 20.8 Å². The molecule has 1 aromatic carbocycles. The first-order valence-corrected chi connectivity index (χ1v) is 5.39. The number of hydrogen-bond acceptors (Lipinski definition) is 2. The molecular formula is C13H19FO2. The van der Waals surface area contributed by atoms with E-state index in [0.29, 0.717) is 12.4 Å². The van der Waals surface area contributed by atoms with Crippen LogP contribution < -0.4 is 4.74 Å². The van der Waals surface area contributed by atoms with E-state index in [4.69, 9.17) is 9.47 Å². The lowest BCUT2D eigenvalue weighted by Gasteiger charge is -2.22. The first kappa shape index (κ1) is 13.0. The predicted octanol–water partition coefficient (Wildman–Crippen LogP) is 3.33. The maximum atomic E-state index is 13.0. The minimum Gasteiger partial charge on any atom is -0.493 e. The van der Waals surface area contributed by atoms with Crippen molar-refractivity contribution in [2.24, 2.45) is 0 Å². The molecule has 16 heavy (non-hydrogen) atoms. The normalized spacial score (nSPS) is 11.6. The summed E-state index contributed by atoms with van der Waals surface area (Å²) >= 11 is 0. The number of methoxy groups -OCH3 is 1. The predicted molar refractivity (Wildman–Crippen MR) is 62.3 cm³/mol. The van der Waals surface area contributed by atoms with Crippen LogP contribution >= 0.6 is 0 Å². The van der Waals surface area contributed by atoms with Crippen molar-refractivity contribution in [3.05, 3.63) is 29.6 Å². The summed E-state index contributed by atoms with van der Waals surface area (Å²) in [6.07, 6.45) is 0.763. The van der Waals surface area contributed by atoms with E-state index in [1.165, 1.54) is 12.1 Å². The molecule has 0 aromatic heterocycles. The molecule has 3 heteroatoms. The molecule has 0 heterocycles. The molecule has 0 unspecified atom stereocenters. The van der Waals surface area contributed by atoms with Gasteiger partial charge in [0.25, 0.3) is 0 Å². The molecule has 1 aromatic rings. The molecule has 0 bridgehead atoms. The van der Waals surface area contributed by atoms with Gasteiger partial charge in [-0.15, -0.1) is 0 Å². The van der Waals surface area contributed by atoms with E-state index < -0.39 is 0 Å². The number of rotatable bonds is 5. The number of benzene rings is 1. The van der Waals surface area contributed by atoms with Gasteiger partial charge in [0.05, 0.1) is 12.2 Å². The van der Waals surface area contributed by atoms with Crippen LogP contribution in [0.3, 0.4) is 0 Å². The molecule has 2 nitrogen and oxygen atoms in total. The van der Waals surface area contributed by atoms with Crippen LogP contribution in [0, 0.1) is 12.7 Å². The molecule has 0 aliphatic heterocycles. The van der Waals surface area contributed by atoms with Gasteiger partial charge in [-0.25, -0.2) is 4.39 Å². The van der Waals surface area contributed by atoms with Gasteiger partial charge in [0.1, 0.15) is 11.6 Å². The first-order chi connectivity index (χ1) is 7.44. The third kappa shape index (κ3) is 3.81. The van der Waals surface area contributed by atoms with Gasteiger partial charge >= 0.3 is 0 Å². The van der Waals surface area contributed by atoms with E-state index >= 15 is 0 Å².